The van der Waals surface area contributed by atoms with Crippen LogP contribution in [0.3, 0.4) is 0 Å². The molecule has 0 aliphatic carbocycles. The van der Waals surface area contributed by atoms with Gasteiger partial charge in [0.2, 0.25) is 10.5 Å². The van der Waals surface area contributed by atoms with Crippen LogP contribution in [0.15, 0.2) is 24.3 Å². The summed E-state index contributed by atoms with van der Waals surface area (Å²) in [5, 5.41) is 1.55. The third-order valence-electron chi connectivity index (χ3n) is 2.46. The van der Waals surface area contributed by atoms with E-state index < -0.39 is 10.2 Å². The van der Waals surface area contributed by atoms with Crippen LogP contribution < -0.4 is 23.2 Å². The van der Waals surface area contributed by atoms with Gasteiger partial charge in [-0.2, -0.15) is 4.57 Å². The van der Waals surface area contributed by atoms with Crippen molar-refractivity contribution >= 4 is 21.6 Å². The molecule has 1 aromatic carbocycles. The van der Waals surface area contributed by atoms with Crippen LogP contribution in [0.5, 0.6) is 0 Å². The highest BCUT2D eigenvalue weighted by atomic mass is 35.7. The number of aromatic nitrogens is 1. The summed E-state index contributed by atoms with van der Waals surface area (Å²) in [6, 6.07) is 8.68. The van der Waals surface area contributed by atoms with E-state index in [1.807, 2.05) is 11.3 Å². The Hall–Kier alpha value is -0.760. The van der Waals surface area contributed by atoms with Gasteiger partial charge in [0, 0.05) is 18.9 Å². The van der Waals surface area contributed by atoms with E-state index in [0.717, 1.165) is 0 Å². The predicted molar refractivity (Wildman–Crippen MR) is 50.3 cm³/mol. The van der Waals surface area contributed by atoms with Gasteiger partial charge in [0.15, 0.2) is 6.54 Å². The minimum atomic E-state index is -4.94. The van der Waals surface area contributed by atoms with E-state index in [2.05, 4.69) is 28.8 Å². The number of thiazole rings is 1. The molecule has 7 heteroatoms. The second-order valence-electron chi connectivity index (χ2n) is 3.60. The molecule has 0 fully saturated rings. The standard InChI is InChI=1S/C10H10NS.ClHO4/c1-2-5-9-8(4-1)11-7-3-6-10(11)12-9;2-1(3,4)5/h1-2,4-5H,3,6-7H2;(H,2,3,4,5)/q+1;/p-1. The number of rotatable bonds is 0. The first-order valence-electron chi connectivity index (χ1n) is 4.97. The molecule has 0 saturated carbocycles. The van der Waals surface area contributed by atoms with Crippen molar-refractivity contribution < 1.29 is 33.4 Å². The smallest absolute Gasteiger partial charge is 0.222 e. The van der Waals surface area contributed by atoms with Crippen molar-refractivity contribution in [3.8, 4) is 0 Å². The lowest BCUT2D eigenvalue weighted by Gasteiger charge is -2.17. The van der Waals surface area contributed by atoms with Gasteiger partial charge < -0.3 is 0 Å². The normalized spacial score (nSPS) is 14.4. The van der Waals surface area contributed by atoms with Crippen molar-refractivity contribution in [2.45, 2.75) is 19.4 Å². The molecule has 1 aromatic heterocycles. The van der Waals surface area contributed by atoms with Gasteiger partial charge in [0.1, 0.15) is 4.70 Å². The Morgan fingerprint density at radius 3 is 2.47 bits per heavy atom. The molecule has 92 valence electrons. The number of aryl methyl sites for hydroxylation is 2. The maximum absolute atomic E-state index is 8.49. The molecule has 0 radical (unpaired) electrons. The van der Waals surface area contributed by atoms with Crippen LogP contribution >= 0.6 is 11.3 Å². The van der Waals surface area contributed by atoms with E-state index in [1.54, 1.807) is 5.01 Å². The molecular weight excluding hydrogens is 266 g/mol. The zero-order valence-electron chi connectivity index (χ0n) is 8.80. The Balaban J connectivity index is 0.000000188. The summed E-state index contributed by atoms with van der Waals surface area (Å²) in [5.74, 6) is 0. The third kappa shape index (κ3) is 3.35. The second-order valence-corrected chi connectivity index (χ2v) is 5.47. The van der Waals surface area contributed by atoms with Crippen molar-refractivity contribution in [1.82, 2.24) is 0 Å². The van der Waals surface area contributed by atoms with Gasteiger partial charge in [-0.3, -0.25) is 0 Å². The van der Waals surface area contributed by atoms with E-state index in [4.69, 9.17) is 18.6 Å². The summed E-state index contributed by atoms with van der Waals surface area (Å²) in [6.45, 7) is 1.22. The maximum atomic E-state index is 8.49. The van der Waals surface area contributed by atoms with Gasteiger partial charge in [-0.1, -0.05) is 23.5 Å². The molecular formula is C10H10ClNO4S. The average molecular weight is 276 g/mol. The maximum Gasteiger partial charge on any atom is 0.238 e. The number of fused-ring (bicyclic) bond motifs is 3. The summed E-state index contributed by atoms with van der Waals surface area (Å²) in [5.41, 5.74) is 1.43. The number of hydrogen-bond acceptors (Lipinski definition) is 5. The topological polar surface area (TPSA) is 96.1 Å². The molecule has 1 aliphatic rings. The van der Waals surface area contributed by atoms with Crippen molar-refractivity contribution in [1.29, 1.82) is 0 Å². The molecule has 0 bridgehead atoms. The molecule has 0 unspecified atom stereocenters. The highest BCUT2D eigenvalue weighted by Gasteiger charge is 2.24. The van der Waals surface area contributed by atoms with Crippen LogP contribution in [-0.2, 0) is 13.0 Å². The Morgan fingerprint density at radius 2 is 1.76 bits per heavy atom. The quantitative estimate of drug-likeness (QED) is 0.492. The number of halogens is 1. The summed E-state index contributed by atoms with van der Waals surface area (Å²) in [6.07, 6.45) is 2.61. The molecule has 1 aliphatic heterocycles. The van der Waals surface area contributed by atoms with Gasteiger partial charge in [-0.15, -0.1) is 10.2 Å². The Morgan fingerprint density at radius 1 is 1.12 bits per heavy atom. The predicted octanol–water partition coefficient (Wildman–Crippen LogP) is -2.62. The Labute approximate surface area is 104 Å². The molecule has 0 atom stereocenters. The first-order chi connectivity index (χ1) is 7.95. The lowest BCUT2D eigenvalue weighted by Crippen LogP contribution is -2.68. The van der Waals surface area contributed by atoms with E-state index in [1.165, 1.54) is 29.6 Å². The van der Waals surface area contributed by atoms with Crippen LogP contribution in [0.25, 0.3) is 10.2 Å². The van der Waals surface area contributed by atoms with Crippen molar-refractivity contribution in [3.63, 3.8) is 0 Å². The number of nitrogens with zero attached hydrogens (tertiary/aromatic N) is 1. The third-order valence-corrected chi connectivity index (χ3v) is 3.68. The largest absolute Gasteiger partial charge is 0.238 e. The molecule has 0 amide bonds. The second kappa shape index (κ2) is 4.85. The fraction of sp³-hybridized carbons (Fsp3) is 0.300. The molecule has 5 nitrogen and oxygen atoms in total. The zero-order chi connectivity index (χ0) is 12.5. The zero-order valence-corrected chi connectivity index (χ0v) is 10.4. The van der Waals surface area contributed by atoms with Gasteiger partial charge in [0.25, 0.3) is 0 Å². The lowest BCUT2D eigenvalue weighted by molar-refractivity contribution is -2.00. The van der Waals surface area contributed by atoms with Crippen molar-refractivity contribution in [2.24, 2.45) is 0 Å². The number of para-hydroxylation sites is 1. The monoisotopic (exact) mass is 275 g/mol. The Bertz CT molecular complexity index is 516. The van der Waals surface area contributed by atoms with Crippen LogP contribution in [0, 0.1) is 10.2 Å². The average Bonchev–Trinajstić information content (AvgIpc) is 2.73. The number of hydrogen-bond donors (Lipinski definition) is 0. The lowest BCUT2D eigenvalue weighted by atomic mass is 10.3. The number of benzene rings is 1. The molecule has 0 saturated heterocycles. The summed E-state index contributed by atoms with van der Waals surface area (Å²) >= 11 is 1.95. The molecule has 3 rings (SSSR count). The Kier molecular flexibility index (Phi) is 3.62. The van der Waals surface area contributed by atoms with Gasteiger partial charge in [-0.05, 0) is 6.07 Å². The van der Waals surface area contributed by atoms with E-state index >= 15 is 0 Å². The first kappa shape index (κ1) is 12.7. The van der Waals surface area contributed by atoms with Crippen LogP contribution in [0.1, 0.15) is 11.4 Å². The van der Waals surface area contributed by atoms with Crippen LogP contribution in [0.4, 0.5) is 0 Å². The molecule has 17 heavy (non-hydrogen) atoms. The fourth-order valence-electron chi connectivity index (χ4n) is 1.90. The highest BCUT2D eigenvalue weighted by Crippen LogP contribution is 2.23. The van der Waals surface area contributed by atoms with Gasteiger partial charge >= 0.3 is 0 Å². The minimum absolute atomic E-state index is 1.22. The van der Waals surface area contributed by atoms with Crippen LogP contribution in [0.2, 0.25) is 0 Å². The minimum Gasteiger partial charge on any atom is -0.222 e. The van der Waals surface area contributed by atoms with Crippen molar-refractivity contribution in [3.05, 3.63) is 29.3 Å². The molecule has 0 spiro atoms. The first-order valence-corrected chi connectivity index (χ1v) is 7.02. The molecule has 0 N–H and O–H groups in total. The summed E-state index contributed by atoms with van der Waals surface area (Å²) in [4.78, 5) is 0. The fourth-order valence-corrected chi connectivity index (χ4v) is 3.13. The van der Waals surface area contributed by atoms with Gasteiger partial charge in [-0.25, -0.2) is 18.6 Å². The SMILES string of the molecule is [O-][Cl+3]([O-])([O-])[O-].c1ccc2c(c1)sc1[n+]2CCC1. The van der Waals surface area contributed by atoms with Crippen molar-refractivity contribution in [2.75, 3.05) is 0 Å². The highest BCUT2D eigenvalue weighted by molar-refractivity contribution is 7.18. The summed E-state index contributed by atoms with van der Waals surface area (Å²) in [7, 11) is -4.94. The summed E-state index contributed by atoms with van der Waals surface area (Å²) < 4.78 is 37.9. The van der Waals surface area contributed by atoms with Gasteiger partial charge in [0.05, 0.1) is 0 Å². The van der Waals surface area contributed by atoms with Crippen LogP contribution in [-0.4, -0.2) is 0 Å². The molecule has 2 heterocycles. The van der Waals surface area contributed by atoms with E-state index in [-0.39, 0.29) is 0 Å². The molecule has 2 aromatic rings. The van der Waals surface area contributed by atoms with E-state index in [0.29, 0.717) is 0 Å². The van der Waals surface area contributed by atoms with E-state index in [9.17, 15) is 0 Å².